The Morgan fingerprint density at radius 1 is 1.17 bits per heavy atom. The topological polar surface area (TPSA) is 67.9 Å². The molecular formula is C23H25BrN2O4. The number of imide groups is 1. The number of nitrogens with one attached hydrogen (secondary N) is 1. The predicted octanol–water partition coefficient (Wildman–Crippen LogP) is 5.04. The van der Waals surface area contributed by atoms with Gasteiger partial charge in [-0.2, -0.15) is 0 Å². The second kappa shape index (κ2) is 9.34. The van der Waals surface area contributed by atoms with Crippen molar-refractivity contribution in [1.82, 2.24) is 10.2 Å². The normalized spacial score (nSPS) is 15.1. The van der Waals surface area contributed by atoms with Crippen LogP contribution in [-0.2, 0) is 11.3 Å². The second-order valence-corrected chi connectivity index (χ2v) is 8.15. The third-order valence-electron chi connectivity index (χ3n) is 4.42. The number of ether oxygens (including phenoxy) is 2. The highest BCUT2D eigenvalue weighted by Gasteiger charge is 2.33. The summed E-state index contributed by atoms with van der Waals surface area (Å²) in [6.45, 7) is 8.45. The van der Waals surface area contributed by atoms with E-state index in [2.05, 4.69) is 21.2 Å². The Morgan fingerprint density at radius 2 is 1.87 bits per heavy atom. The molecule has 0 spiro atoms. The Balaban J connectivity index is 1.86. The average Bonchev–Trinajstić information content (AvgIpc) is 2.93. The molecule has 1 fully saturated rings. The van der Waals surface area contributed by atoms with Crippen LogP contribution in [0, 0.1) is 6.92 Å². The standard InChI is InChI=1S/C23H25BrN2O4/c1-5-29-20-12-17(10-18(24)21(20)30-14(2)3)11-19-22(27)26(23(28)25-19)13-16-8-6-15(4)7-9-16/h6-12,14H,5,13H2,1-4H3,(H,25,28)/b19-11+. The lowest BCUT2D eigenvalue weighted by Gasteiger charge is -2.17. The molecule has 0 aliphatic carbocycles. The minimum atomic E-state index is -0.435. The van der Waals surface area contributed by atoms with Crippen LogP contribution in [0.3, 0.4) is 0 Å². The molecule has 1 saturated heterocycles. The quantitative estimate of drug-likeness (QED) is 0.452. The molecule has 0 unspecified atom stereocenters. The SMILES string of the molecule is CCOc1cc(/C=C2/NC(=O)N(Cc3ccc(C)cc3)C2=O)cc(Br)c1OC(C)C. The van der Waals surface area contributed by atoms with Gasteiger partial charge in [0.15, 0.2) is 11.5 Å². The van der Waals surface area contributed by atoms with E-state index in [-0.39, 0.29) is 24.3 Å². The van der Waals surface area contributed by atoms with Gasteiger partial charge in [-0.05, 0) is 73.0 Å². The van der Waals surface area contributed by atoms with E-state index in [4.69, 9.17) is 9.47 Å². The van der Waals surface area contributed by atoms with Gasteiger partial charge in [0.25, 0.3) is 5.91 Å². The van der Waals surface area contributed by atoms with Crippen LogP contribution >= 0.6 is 15.9 Å². The van der Waals surface area contributed by atoms with Crippen molar-refractivity contribution in [2.75, 3.05) is 6.61 Å². The van der Waals surface area contributed by atoms with Crippen molar-refractivity contribution in [3.8, 4) is 11.5 Å². The minimum Gasteiger partial charge on any atom is -0.490 e. The van der Waals surface area contributed by atoms with E-state index in [1.165, 1.54) is 4.90 Å². The molecule has 1 N–H and O–H groups in total. The summed E-state index contributed by atoms with van der Waals surface area (Å²) in [5.74, 6) is 0.814. The third-order valence-corrected chi connectivity index (χ3v) is 5.01. The van der Waals surface area contributed by atoms with Crippen molar-refractivity contribution >= 4 is 33.9 Å². The highest BCUT2D eigenvalue weighted by atomic mass is 79.9. The number of amides is 3. The molecular weight excluding hydrogens is 448 g/mol. The summed E-state index contributed by atoms with van der Waals surface area (Å²) >= 11 is 3.52. The summed E-state index contributed by atoms with van der Waals surface area (Å²) in [4.78, 5) is 26.4. The van der Waals surface area contributed by atoms with Crippen molar-refractivity contribution < 1.29 is 19.1 Å². The molecule has 0 aromatic heterocycles. The molecule has 2 aromatic carbocycles. The largest absolute Gasteiger partial charge is 0.490 e. The van der Waals surface area contributed by atoms with E-state index in [0.717, 1.165) is 11.1 Å². The number of hydrogen-bond acceptors (Lipinski definition) is 4. The van der Waals surface area contributed by atoms with Gasteiger partial charge in [0.2, 0.25) is 0 Å². The van der Waals surface area contributed by atoms with Crippen LogP contribution < -0.4 is 14.8 Å². The number of benzene rings is 2. The zero-order valence-corrected chi connectivity index (χ0v) is 19.1. The third kappa shape index (κ3) is 5.02. The lowest BCUT2D eigenvalue weighted by atomic mass is 10.1. The second-order valence-electron chi connectivity index (χ2n) is 7.29. The van der Waals surface area contributed by atoms with E-state index in [1.54, 1.807) is 12.1 Å². The van der Waals surface area contributed by atoms with Crippen molar-refractivity contribution in [3.63, 3.8) is 0 Å². The summed E-state index contributed by atoms with van der Waals surface area (Å²) in [5.41, 5.74) is 2.94. The first-order valence-electron chi connectivity index (χ1n) is 9.81. The molecule has 3 amide bonds. The maximum absolute atomic E-state index is 12.8. The molecule has 0 atom stereocenters. The Bertz CT molecular complexity index is 983. The van der Waals surface area contributed by atoms with Crippen molar-refractivity contribution in [2.24, 2.45) is 0 Å². The number of hydrogen-bond donors (Lipinski definition) is 1. The highest BCUT2D eigenvalue weighted by Crippen LogP contribution is 2.38. The summed E-state index contributed by atoms with van der Waals surface area (Å²) < 4.78 is 12.3. The van der Waals surface area contributed by atoms with Crippen LogP contribution in [0.5, 0.6) is 11.5 Å². The summed E-state index contributed by atoms with van der Waals surface area (Å²) in [5, 5.41) is 2.66. The molecule has 6 nitrogen and oxygen atoms in total. The summed E-state index contributed by atoms with van der Waals surface area (Å²) in [6.07, 6.45) is 1.62. The fourth-order valence-corrected chi connectivity index (χ4v) is 3.60. The monoisotopic (exact) mass is 472 g/mol. The fourth-order valence-electron chi connectivity index (χ4n) is 3.04. The number of halogens is 1. The minimum absolute atomic E-state index is 0.0178. The Labute approximate surface area is 185 Å². The van der Waals surface area contributed by atoms with Gasteiger partial charge in [-0.15, -0.1) is 0 Å². The molecule has 0 bridgehead atoms. The van der Waals surface area contributed by atoms with Gasteiger partial charge < -0.3 is 14.8 Å². The number of aryl methyl sites for hydroxylation is 1. The van der Waals surface area contributed by atoms with Crippen molar-refractivity contribution in [1.29, 1.82) is 0 Å². The zero-order valence-electron chi connectivity index (χ0n) is 17.5. The van der Waals surface area contributed by atoms with E-state index >= 15 is 0 Å². The molecule has 0 saturated carbocycles. The van der Waals surface area contributed by atoms with Crippen LogP contribution in [0.25, 0.3) is 6.08 Å². The Hall–Kier alpha value is -2.80. The van der Waals surface area contributed by atoms with E-state index in [1.807, 2.05) is 58.0 Å². The maximum Gasteiger partial charge on any atom is 0.329 e. The van der Waals surface area contributed by atoms with Gasteiger partial charge in [-0.3, -0.25) is 9.69 Å². The number of urea groups is 1. The number of carbonyl (C=O) groups excluding carboxylic acids is 2. The first-order chi connectivity index (χ1) is 14.3. The van der Waals surface area contributed by atoms with E-state index < -0.39 is 6.03 Å². The number of rotatable bonds is 7. The lowest BCUT2D eigenvalue weighted by Crippen LogP contribution is -2.30. The highest BCUT2D eigenvalue weighted by molar-refractivity contribution is 9.10. The Morgan fingerprint density at radius 3 is 2.50 bits per heavy atom. The van der Waals surface area contributed by atoms with Crippen LogP contribution in [-0.4, -0.2) is 29.5 Å². The molecule has 2 aromatic rings. The summed E-state index contributed by atoms with van der Waals surface area (Å²) in [6, 6.07) is 10.9. The van der Waals surface area contributed by atoms with Crippen LogP contribution in [0.15, 0.2) is 46.6 Å². The maximum atomic E-state index is 12.8. The predicted molar refractivity (Wildman–Crippen MR) is 119 cm³/mol. The van der Waals surface area contributed by atoms with Gasteiger partial charge >= 0.3 is 6.03 Å². The van der Waals surface area contributed by atoms with E-state index in [0.29, 0.717) is 28.1 Å². The lowest BCUT2D eigenvalue weighted by molar-refractivity contribution is -0.123. The van der Waals surface area contributed by atoms with Gasteiger partial charge in [0.1, 0.15) is 5.70 Å². The first kappa shape index (κ1) is 21.9. The molecule has 3 rings (SSSR count). The smallest absolute Gasteiger partial charge is 0.329 e. The van der Waals surface area contributed by atoms with Crippen LogP contribution in [0.4, 0.5) is 4.79 Å². The van der Waals surface area contributed by atoms with Gasteiger partial charge in [0.05, 0.1) is 23.7 Å². The molecule has 1 aliphatic rings. The zero-order chi connectivity index (χ0) is 21.8. The average molecular weight is 473 g/mol. The van der Waals surface area contributed by atoms with Crippen molar-refractivity contribution in [3.05, 3.63) is 63.3 Å². The molecule has 30 heavy (non-hydrogen) atoms. The number of carbonyl (C=O) groups is 2. The van der Waals surface area contributed by atoms with E-state index in [9.17, 15) is 9.59 Å². The van der Waals surface area contributed by atoms with Crippen molar-refractivity contribution in [2.45, 2.75) is 40.3 Å². The molecule has 1 heterocycles. The molecule has 7 heteroatoms. The molecule has 158 valence electrons. The van der Waals surface area contributed by atoms with Crippen LogP contribution in [0.2, 0.25) is 0 Å². The van der Waals surface area contributed by atoms with Gasteiger partial charge in [-0.1, -0.05) is 29.8 Å². The van der Waals surface area contributed by atoms with Gasteiger partial charge in [-0.25, -0.2) is 4.79 Å². The summed E-state index contributed by atoms with van der Waals surface area (Å²) in [7, 11) is 0. The Kier molecular flexibility index (Phi) is 6.82. The number of nitrogens with zero attached hydrogens (tertiary/aromatic N) is 1. The molecule has 1 aliphatic heterocycles. The van der Waals surface area contributed by atoms with Crippen LogP contribution in [0.1, 0.15) is 37.5 Å². The fraction of sp³-hybridized carbons (Fsp3) is 0.304. The molecule has 0 radical (unpaired) electrons. The first-order valence-corrected chi connectivity index (χ1v) is 10.6. The van der Waals surface area contributed by atoms with Gasteiger partial charge in [0, 0.05) is 0 Å².